The zero-order valence-corrected chi connectivity index (χ0v) is 9.21. The standard InChI is InChI=1S/C8H19NO3S/c1-6(2)7(3)13(11,12)5-8(10)4-9/h6-8,10H,4-5,9H2,1-3H3. The molecular formula is C8H19NO3S. The van der Waals surface area contributed by atoms with E-state index < -0.39 is 21.2 Å². The molecule has 5 heteroatoms. The van der Waals surface area contributed by atoms with E-state index in [-0.39, 0.29) is 18.2 Å². The monoisotopic (exact) mass is 209 g/mol. The van der Waals surface area contributed by atoms with Crippen LogP contribution in [0.25, 0.3) is 0 Å². The Labute approximate surface area is 80.1 Å². The number of hydrogen-bond acceptors (Lipinski definition) is 4. The maximum absolute atomic E-state index is 11.5. The molecule has 4 nitrogen and oxygen atoms in total. The van der Waals surface area contributed by atoms with Gasteiger partial charge in [0, 0.05) is 6.54 Å². The summed E-state index contributed by atoms with van der Waals surface area (Å²) >= 11 is 0. The Hall–Kier alpha value is -0.130. The average molecular weight is 209 g/mol. The summed E-state index contributed by atoms with van der Waals surface area (Å²) in [6.07, 6.45) is -0.939. The first-order chi connectivity index (χ1) is 5.81. The first kappa shape index (κ1) is 12.9. The van der Waals surface area contributed by atoms with Gasteiger partial charge in [-0.25, -0.2) is 8.42 Å². The highest BCUT2D eigenvalue weighted by atomic mass is 32.2. The van der Waals surface area contributed by atoms with Crippen LogP contribution in [0.3, 0.4) is 0 Å². The van der Waals surface area contributed by atoms with Gasteiger partial charge >= 0.3 is 0 Å². The average Bonchev–Trinajstić information content (AvgIpc) is 2.01. The van der Waals surface area contributed by atoms with E-state index in [1.54, 1.807) is 6.92 Å². The Balaban J connectivity index is 4.41. The van der Waals surface area contributed by atoms with E-state index in [1.165, 1.54) is 0 Å². The highest BCUT2D eigenvalue weighted by molar-refractivity contribution is 7.92. The molecule has 0 bridgehead atoms. The molecule has 0 aliphatic carbocycles. The van der Waals surface area contributed by atoms with Gasteiger partial charge in [0.05, 0.1) is 17.1 Å². The Morgan fingerprint density at radius 1 is 1.31 bits per heavy atom. The van der Waals surface area contributed by atoms with E-state index in [4.69, 9.17) is 10.8 Å². The van der Waals surface area contributed by atoms with Crippen LogP contribution in [0.2, 0.25) is 0 Å². The smallest absolute Gasteiger partial charge is 0.155 e. The van der Waals surface area contributed by atoms with Gasteiger partial charge in [0.1, 0.15) is 0 Å². The lowest BCUT2D eigenvalue weighted by molar-refractivity contribution is 0.205. The second-order valence-electron chi connectivity index (χ2n) is 3.67. The summed E-state index contributed by atoms with van der Waals surface area (Å²) < 4.78 is 23.1. The Morgan fingerprint density at radius 2 is 1.77 bits per heavy atom. The lowest BCUT2D eigenvalue weighted by atomic mass is 10.2. The fourth-order valence-electron chi connectivity index (χ4n) is 0.903. The fourth-order valence-corrected chi connectivity index (χ4v) is 2.71. The minimum absolute atomic E-state index is 0.00988. The van der Waals surface area contributed by atoms with Gasteiger partial charge in [-0.1, -0.05) is 13.8 Å². The van der Waals surface area contributed by atoms with Crippen LogP contribution in [0.5, 0.6) is 0 Å². The van der Waals surface area contributed by atoms with E-state index in [1.807, 2.05) is 13.8 Å². The lowest BCUT2D eigenvalue weighted by Crippen LogP contribution is -2.35. The highest BCUT2D eigenvalue weighted by Gasteiger charge is 2.25. The van der Waals surface area contributed by atoms with Crippen LogP contribution in [-0.4, -0.2) is 37.2 Å². The minimum Gasteiger partial charge on any atom is -0.391 e. The number of rotatable bonds is 5. The molecule has 0 spiro atoms. The van der Waals surface area contributed by atoms with Crippen LogP contribution in [0.1, 0.15) is 20.8 Å². The van der Waals surface area contributed by atoms with E-state index in [9.17, 15) is 8.42 Å². The summed E-state index contributed by atoms with van der Waals surface area (Å²) in [6.45, 7) is 5.33. The number of nitrogens with two attached hydrogens (primary N) is 1. The molecule has 0 aromatic carbocycles. The molecule has 0 aromatic rings. The summed E-state index contributed by atoms with van der Waals surface area (Å²) in [5.41, 5.74) is 5.14. The van der Waals surface area contributed by atoms with Crippen molar-refractivity contribution in [1.29, 1.82) is 0 Å². The van der Waals surface area contributed by atoms with Crippen molar-refractivity contribution in [2.45, 2.75) is 32.1 Å². The van der Waals surface area contributed by atoms with Crippen LogP contribution in [-0.2, 0) is 9.84 Å². The summed E-state index contributed by atoms with van der Waals surface area (Å²) in [5.74, 6) is -0.168. The predicted octanol–water partition coefficient (Wildman–Crippen LogP) is -0.235. The van der Waals surface area contributed by atoms with E-state index in [2.05, 4.69) is 0 Å². The highest BCUT2D eigenvalue weighted by Crippen LogP contribution is 2.13. The molecule has 0 radical (unpaired) electrons. The lowest BCUT2D eigenvalue weighted by Gasteiger charge is -2.17. The summed E-state index contributed by atoms with van der Waals surface area (Å²) in [4.78, 5) is 0. The third-order valence-corrected chi connectivity index (χ3v) is 4.73. The molecular weight excluding hydrogens is 190 g/mol. The molecule has 0 aliphatic heterocycles. The largest absolute Gasteiger partial charge is 0.391 e. The first-order valence-electron chi connectivity index (χ1n) is 4.41. The molecule has 0 rings (SSSR count). The second kappa shape index (κ2) is 4.93. The third-order valence-electron chi connectivity index (χ3n) is 2.20. The Bertz CT molecular complexity index is 236. The zero-order chi connectivity index (χ0) is 10.6. The minimum atomic E-state index is -3.20. The van der Waals surface area contributed by atoms with Crippen molar-refractivity contribution in [1.82, 2.24) is 0 Å². The van der Waals surface area contributed by atoms with Crippen LogP contribution < -0.4 is 5.73 Å². The van der Waals surface area contributed by atoms with Crippen LogP contribution in [0, 0.1) is 5.92 Å². The first-order valence-corrected chi connectivity index (χ1v) is 6.12. The molecule has 0 aromatic heterocycles. The number of aliphatic hydroxyl groups excluding tert-OH is 1. The van der Waals surface area contributed by atoms with Gasteiger partial charge < -0.3 is 10.8 Å². The quantitative estimate of drug-likeness (QED) is 0.655. The van der Waals surface area contributed by atoms with Crippen molar-refractivity contribution in [2.24, 2.45) is 11.7 Å². The molecule has 0 saturated carbocycles. The van der Waals surface area contributed by atoms with Crippen LogP contribution in [0.4, 0.5) is 0 Å². The van der Waals surface area contributed by atoms with Crippen LogP contribution in [0.15, 0.2) is 0 Å². The predicted molar refractivity (Wildman–Crippen MR) is 53.1 cm³/mol. The van der Waals surface area contributed by atoms with Gasteiger partial charge in [0.15, 0.2) is 9.84 Å². The van der Waals surface area contributed by atoms with Crippen molar-refractivity contribution in [3.63, 3.8) is 0 Å². The molecule has 13 heavy (non-hydrogen) atoms. The van der Waals surface area contributed by atoms with E-state index in [0.29, 0.717) is 0 Å². The molecule has 80 valence electrons. The maximum atomic E-state index is 11.5. The number of hydrogen-bond donors (Lipinski definition) is 2. The van der Waals surface area contributed by atoms with Crippen molar-refractivity contribution in [3.05, 3.63) is 0 Å². The zero-order valence-electron chi connectivity index (χ0n) is 8.40. The van der Waals surface area contributed by atoms with Gasteiger partial charge in [0.2, 0.25) is 0 Å². The topological polar surface area (TPSA) is 80.4 Å². The summed E-state index contributed by atoms with van der Waals surface area (Å²) in [7, 11) is -3.20. The van der Waals surface area contributed by atoms with Crippen molar-refractivity contribution in [2.75, 3.05) is 12.3 Å². The maximum Gasteiger partial charge on any atom is 0.155 e. The van der Waals surface area contributed by atoms with Gasteiger partial charge in [-0.2, -0.15) is 0 Å². The molecule has 0 heterocycles. The van der Waals surface area contributed by atoms with E-state index in [0.717, 1.165) is 0 Å². The summed E-state index contributed by atoms with van der Waals surface area (Å²) in [6, 6.07) is 0. The Kier molecular flexibility index (Phi) is 4.88. The van der Waals surface area contributed by atoms with Gasteiger partial charge in [-0.3, -0.25) is 0 Å². The van der Waals surface area contributed by atoms with Crippen molar-refractivity contribution < 1.29 is 13.5 Å². The SMILES string of the molecule is CC(C)C(C)S(=O)(=O)CC(O)CN. The van der Waals surface area contributed by atoms with Crippen LogP contribution >= 0.6 is 0 Å². The Morgan fingerprint density at radius 3 is 2.08 bits per heavy atom. The second-order valence-corrected chi connectivity index (χ2v) is 6.07. The molecule has 0 fully saturated rings. The number of sulfone groups is 1. The normalized spacial score (nSPS) is 17.4. The fraction of sp³-hybridized carbons (Fsp3) is 1.00. The third kappa shape index (κ3) is 4.06. The van der Waals surface area contributed by atoms with E-state index >= 15 is 0 Å². The molecule has 0 saturated heterocycles. The molecule has 2 atom stereocenters. The van der Waals surface area contributed by atoms with Crippen molar-refractivity contribution in [3.8, 4) is 0 Å². The van der Waals surface area contributed by atoms with Gasteiger partial charge in [0.25, 0.3) is 0 Å². The molecule has 0 amide bonds. The van der Waals surface area contributed by atoms with Crippen molar-refractivity contribution >= 4 is 9.84 Å². The molecule has 2 unspecified atom stereocenters. The summed E-state index contributed by atoms with van der Waals surface area (Å²) in [5, 5.41) is 8.70. The number of aliphatic hydroxyl groups is 1. The van der Waals surface area contributed by atoms with Gasteiger partial charge in [-0.05, 0) is 12.8 Å². The molecule has 0 aliphatic rings. The van der Waals surface area contributed by atoms with Gasteiger partial charge in [-0.15, -0.1) is 0 Å². The molecule has 3 N–H and O–H groups in total.